The van der Waals surface area contributed by atoms with Gasteiger partial charge in [-0.3, -0.25) is 9.59 Å². The van der Waals surface area contributed by atoms with E-state index in [1.54, 1.807) is 35.8 Å². The van der Waals surface area contributed by atoms with Crippen molar-refractivity contribution in [2.45, 2.75) is 13.0 Å². The number of amides is 2. The lowest BCUT2D eigenvalue weighted by molar-refractivity contribution is -0.121. The van der Waals surface area contributed by atoms with Crippen molar-refractivity contribution in [3.63, 3.8) is 0 Å². The van der Waals surface area contributed by atoms with Crippen molar-refractivity contribution in [1.82, 2.24) is 20.1 Å². The summed E-state index contributed by atoms with van der Waals surface area (Å²) in [7, 11) is 5.51. The minimum atomic E-state index is -0.258. The molecule has 33 heavy (non-hydrogen) atoms. The van der Waals surface area contributed by atoms with Crippen LogP contribution in [0.4, 0.5) is 10.8 Å². The molecule has 0 aliphatic carbocycles. The first kappa shape index (κ1) is 24.3. The molecular formula is C23H29N5O4S. The highest BCUT2D eigenvalue weighted by atomic mass is 32.1. The van der Waals surface area contributed by atoms with Gasteiger partial charge in [-0.05, 0) is 50.5 Å². The van der Waals surface area contributed by atoms with E-state index >= 15 is 0 Å². The minimum absolute atomic E-state index is 0.103. The van der Waals surface area contributed by atoms with Crippen LogP contribution in [-0.4, -0.2) is 67.4 Å². The number of carbonyl (C=O) groups is 2. The lowest BCUT2D eigenvalue weighted by atomic mass is 10.3. The molecule has 0 spiro atoms. The number of ether oxygens (including phenoxy) is 1. The fraction of sp³-hybridized carbons (Fsp3) is 0.348. The first-order valence-electron chi connectivity index (χ1n) is 10.5. The van der Waals surface area contributed by atoms with Crippen LogP contribution in [-0.2, 0) is 11.3 Å². The summed E-state index contributed by atoms with van der Waals surface area (Å²) >= 11 is 1.34. The van der Waals surface area contributed by atoms with Crippen LogP contribution in [0.2, 0.25) is 0 Å². The van der Waals surface area contributed by atoms with E-state index in [0.717, 1.165) is 18.0 Å². The molecule has 3 aromatic rings. The van der Waals surface area contributed by atoms with Gasteiger partial charge in [0.05, 0.1) is 19.9 Å². The number of nitrogens with one attached hydrogen (secondary N) is 2. The molecule has 9 nitrogen and oxygen atoms in total. The third-order valence-corrected chi connectivity index (χ3v) is 5.53. The van der Waals surface area contributed by atoms with Crippen molar-refractivity contribution < 1.29 is 18.7 Å². The van der Waals surface area contributed by atoms with Gasteiger partial charge >= 0.3 is 0 Å². The summed E-state index contributed by atoms with van der Waals surface area (Å²) in [5, 5.41) is 8.37. The summed E-state index contributed by atoms with van der Waals surface area (Å²) in [5.41, 5.74) is 1.15. The van der Waals surface area contributed by atoms with Crippen LogP contribution in [0.3, 0.4) is 0 Å². The SMILES string of the molecule is COc1ccc(Nc2nc(C(=O)N(CCC(=O)NCCN(C)C)Cc3ccco3)cs2)cc1. The van der Waals surface area contributed by atoms with Gasteiger partial charge in [0.1, 0.15) is 17.2 Å². The van der Waals surface area contributed by atoms with E-state index in [1.807, 2.05) is 43.3 Å². The number of hydrogen-bond acceptors (Lipinski definition) is 8. The molecule has 0 aliphatic rings. The Labute approximate surface area is 197 Å². The lowest BCUT2D eigenvalue weighted by Gasteiger charge is -2.20. The number of aromatic nitrogens is 1. The van der Waals surface area contributed by atoms with Gasteiger partial charge in [0.25, 0.3) is 5.91 Å². The predicted molar refractivity (Wildman–Crippen MR) is 128 cm³/mol. The molecular weight excluding hydrogens is 442 g/mol. The molecule has 0 saturated heterocycles. The van der Waals surface area contributed by atoms with E-state index in [4.69, 9.17) is 9.15 Å². The van der Waals surface area contributed by atoms with Gasteiger partial charge in [0.2, 0.25) is 5.91 Å². The number of likely N-dealkylation sites (N-methyl/N-ethyl adjacent to an activating group) is 1. The van der Waals surface area contributed by atoms with Gasteiger partial charge in [0.15, 0.2) is 5.13 Å². The quantitative estimate of drug-likeness (QED) is 0.418. The predicted octanol–water partition coefficient (Wildman–Crippen LogP) is 3.20. The molecule has 0 unspecified atom stereocenters. The molecule has 0 atom stereocenters. The van der Waals surface area contributed by atoms with Crippen molar-refractivity contribution in [2.24, 2.45) is 0 Å². The average Bonchev–Trinajstić information content (AvgIpc) is 3.48. The molecule has 10 heteroatoms. The largest absolute Gasteiger partial charge is 0.497 e. The molecule has 2 heterocycles. The molecule has 2 N–H and O–H groups in total. The second-order valence-corrected chi connectivity index (χ2v) is 8.46. The van der Waals surface area contributed by atoms with Crippen LogP contribution in [0, 0.1) is 0 Å². The number of benzene rings is 1. The highest BCUT2D eigenvalue weighted by Gasteiger charge is 2.21. The summed E-state index contributed by atoms with van der Waals surface area (Å²) < 4.78 is 10.6. The minimum Gasteiger partial charge on any atom is -0.497 e. The lowest BCUT2D eigenvalue weighted by Crippen LogP contribution is -2.36. The molecule has 2 amide bonds. The first-order chi connectivity index (χ1) is 15.9. The smallest absolute Gasteiger partial charge is 0.273 e. The Morgan fingerprint density at radius 2 is 1.94 bits per heavy atom. The molecule has 1 aromatic carbocycles. The van der Waals surface area contributed by atoms with Gasteiger partial charge in [0, 0.05) is 37.1 Å². The van der Waals surface area contributed by atoms with Crippen LogP contribution < -0.4 is 15.4 Å². The van der Waals surface area contributed by atoms with Gasteiger partial charge < -0.3 is 29.6 Å². The van der Waals surface area contributed by atoms with E-state index in [-0.39, 0.29) is 31.3 Å². The first-order valence-corrected chi connectivity index (χ1v) is 11.4. The van der Waals surface area contributed by atoms with Gasteiger partial charge in [-0.2, -0.15) is 0 Å². The third kappa shape index (κ3) is 7.62. The Bertz CT molecular complexity index is 1020. The molecule has 2 aromatic heterocycles. The van der Waals surface area contributed by atoms with Crippen molar-refractivity contribution >= 4 is 34.0 Å². The number of carbonyl (C=O) groups excluding carboxylic acids is 2. The van der Waals surface area contributed by atoms with E-state index in [9.17, 15) is 9.59 Å². The summed E-state index contributed by atoms with van der Waals surface area (Å²) in [6, 6.07) is 11.0. The number of anilines is 2. The van der Waals surface area contributed by atoms with Crippen LogP contribution in [0.1, 0.15) is 22.7 Å². The molecule has 0 bridgehead atoms. The fourth-order valence-corrected chi connectivity index (χ4v) is 3.68. The molecule has 3 rings (SSSR count). The number of rotatable bonds is 12. The number of thiazole rings is 1. The van der Waals surface area contributed by atoms with E-state index in [1.165, 1.54) is 11.3 Å². The standard InChI is InChI=1S/C23H29N5O4S/c1-27(2)13-11-24-21(29)10-12-28(15-19-5-4-14-32-19)22(30)20-16-33-23(26-20)25-17-6-8-18(31-3)9-7-17/h4-9,14,16H,10-13,15H2,1-3H3,(H,24,29)(H,25,26). The number of hydrogen-bond donors (Lipinski definition) is 2. The number of furan rings is 1. The highest BCUT2D eigenvalue weighted by Crippen LogP contribution is 2.24. The van der Waals surface area contributed by atoms with Crippen LogP contribution >= 0.6 is 11.3 Å². The van der Waals surface area contributed by atoms with Gasteiger partial charge in [-0.15, -0.1) is 11.3 Å². The van der Waals surface area contributed by atoms with Crippen LogP contribution in [0.25, 0.3) is 0 Å². The summed E-state index contributed by atoms with van der Waals surface area (Å²) in [4.78, 5) is 33.4. The van der Waals surface area contributed by atoms with Gasteiger partial charge in [-0.25, -0.2) is 4.98 Å². The Balaban J connectivity index is 1.63. The van der Waals surface area contributed by atoms with Crippen molar-refractivity contribution in [2.75, 3.05) is 46.2 Å². The topological polar surface area (TPSA) is 99.9 Å². The van der Waals surface area contributed by atoms with E-state index in [2.05, 4.69) is 15.6 Å². The summed E-state index contributed by atoms with van der Waals surface area (Å²) in [6.07, 6.45) is 1.76. The highest BCUT2D eigenvalue weighted by molar-refractivity contribution is 7.14. The fourth-order valence-electron chi connectivity index (χ4n) is 2.98. The molecule has 176 valence electrons. The Morgan fingerprint density at radius 1 is 1.15 bits per heavy atom. The second-order valence-electron chi connectivity index (χ2n) is 7.60. The van der Waals surface area contributed by atoms with Gasteiger partial charge in [-0.1, -0.05) is 0 Å². The normalized spacial score (nSPS) is 10.8. The third-order valence-electron chi connectivity index (χ3n) is 4.77. The maximum atomic E-state index is 13.2. The number of methoxy groups -OCH3 is 1. The maximum absolute atomic E-state index is 13.2. The van der Waals surface area contributed by atoms with Crippen molar-refractivity contribution in [3.05, 3.63) is 59.5 Å². The average molecular weight is 472 g/mol. The molecule has 0 radical (unpaired) electrons. The maximum Gasteiger partial charge on any atom is 0.273 e. The Hall–Kier alpha value is -3.37. The van der Waals surface area contributed by atoms with Crippen LogP contribution in [0.5, 0.6) is 5.75 Å². The zero-order chi connectivity index (χ0) is 23.6. The second kappa shape index (κ2) is 12.0. The molecule has 0 aliphatic heterocycles. The summed E-state index contributed by atoms with van der Waals surface area (Å²) in [5.74, 6) is 1.04. The van der Waals surface area contributed by atoms with E-state index < -0.39 is 0 Å². The van der Waals surface area contributed by atoms with Crippen molar-refractivity contribution in [3.8, 4) is 5.75 Å². The zero-order valence-corrected chi connectivity index (χ0v) is 19.9. The Morgan fingerprint density at radius 3 is 2.61 bits per heavy atom. The monoisotopic (exact) mass is 471 g/mol. The Kier molecular flexibility index (Phi) is 8.85. The summed E-state index contributed by atoms with van der Waals surface area (Å²) in [6.45, 7) is 1.83. The van der Waals surface area contributed by atoms with Crippen LogP contribution in [0.15, 0.2) is 52.5 Å². The zero-order valence-electron chi connectivity index (χ0n) is 19.0. The van der Waals surface area contributed by atoms with Crippen molar-refractivity contribution in [1.29, 1.82) is 0 Å². The molecule has 0 saturated carbocycles. The molecule has 0 fully saturated rings. The van der Waals surface area contributed by atoms with E-state index in [0.29, 0.717) is 23.1 Å². The number of nitrogens with zero attached hydrogens (tertiary/aromatic N) is 3.